The predicted octanol–water partition coefficient (Wildman–Crippen LogP) is 3.59. The van der Waals surface area contributed by atoms with Gasteiger partial charge >= 0.3 is 0 Å². The zero-order valence-electron chi connectivity index (χ0n) is 19.1. The molecule has 2 saturated heterocycles. The number of rotatable bonds is 8. The molecule has 3 aromatic carbocycles. The highest BCUT2D eigenvalue weighted by Gasteiger charge is 2.60. The summed E-state index contributed by atoms with van der Waals surface area (Å²) in [5.41, 5.74) is 3.38. The van der Waals surface area contributed by atoms with E-state index in [0.29, 0.717) is 11.8 Å². The molecule has 0 aromatic heterocycles. The second-order valence-corrected chi connectivity index (χ2v) is 9.74. The quantitative estimate of drug-likeness (QED) is 0.560. The molecule has 0 unspecified atom stereocenters. The maximum atomic E-state index is 11.0. The van der Waals surface area contributed by atoms with Crippen LogP contribution < -0.4 is 0 Å². The van der Waals surface area contributed by atoms with E-state index < -0.39 is 5.54 Å². The van der Waals surface area contributed by atoms with Gasteiger partial charge in [0, 0.05) is 32.2 Å². The van der Waals surface area contributed by atoms with E-state index in [-0.39, 0.29) is 19.3 Å². The van der Waals surface area contributed by atoms with Crippen molar-refractivity contribution in [3.8, 4) is 0 Å². The average molecular weight is 443 g/mol. The normalized spacial score (nSPS) is 27.6. The van der Waals surface area contributed by atoms with Crippen molar-refractivity contribution >= 4 is 0 Å². The molecule has 0 saturated carbocycles. The molecule has 2 heterocycles. The van der Waals surface area contributed by atoms with E-state index in [9.17, 15) is 10.2 Å². The lowest BCUT2D eigenvalue weighted by Crippen LogP contribution is -2.56. The number of hydrogen-bond acceptors (Lipinski definition) is 4. The SMILES string of the molecule is OC[C@H]1[C@H]2CN(Cc3ccccc3)C[C@H]2[C@](CO)(Cc2ccccc2)N1Cc1ccccc1. The molecule has 4 nitrogen and oxygen atoms in total. The van der Waals surface area contributed by atoms with Gasteiger partial charge in [0.05, 0.1) is 18.8 Å². The van der Waals surface area contributed by atoms with Crippen LogP contribution in [-0.2, 0) is 19.5 Å². The minimum atomic E-state index is -0.402. The van der Waals surface area contributed by atoms with Crippen LogP contribution in [0.25, 0.3) is 0 Å². The number of aliphatic hydroxyl groups is 2. The Hall–Kier alpha value is -2.50. The Balaban J connectivity index is 1.48. The molecule has 172 valence electrons. The van der Waals surface area contributed by atoms with Crippen LogP contribution in [0.2, 0.25) is 0 Å². The van der Waals surface area contributed by atoms with Gasteiger partial charge in [-0.3, -0.25) is 9.80 Å². The fourth-order valence-corrected chi connectivity index (χ4v) is 6.35. The van der Waals surface area contributed by atoms with Crippen LogP contribution in [0.4, 0.5) is 0 Å². The van der Waals surface area contributed by atoms with Gasteiger partial charge in [0.2, 0.25) is 0 Å². The number of aliphatic hydroxyl groups excluding tert-OH is 2. The smallest absolute Gasteiger partial charge is 0.0622 e. The van der Waals surface area contributed by atoms with E-state index in [4.69, 9.17) is 0 Å². The third-order valence-corrected chi connectivity index (χ3v) is 7.86. The van der Waals surface area contributed by atoms with Crippen molar-refractivity contribution in [3.63, 3.8) is 0 Å². The number of likely N-dealkylation sites (tertiary alicyclic amines) is 2. The van der Waals surface area contributed by atoms with E-state index in [0.717, 1.165) is 32.6 Å². The first-order valence-electron chi connectivity index (χ1n) is 12.1. The van der Waals surface area contributed by atoms with Gasteiger partial charge < -0.3 is 10.2 Å². The van der Waals surface area contributed by atoms with Crippen LogP contribution in [0.1, 0.15) is 16.7 Å². The van der Waals surface area contributed by atoms with E-state index >= 15 is 0 Å². The first-order valence-corrected chi connectivity index (χ1v) is 12.1. The first-order chi connectivity index (χ1) is 16.2. The van der Waals surface area contributed by atoms with Crippen LogP contribution >= 0.6 is 0 Å². The summed E-state index contributed by atoms with van der Waals surface area (Å²) in [6.45, 7) is 3.75. The van der Waals surface area contributed by atoms with Crippen molar-refractivity contribution in [1.29, 1.82) is 0 Å². The standard InChI is InChI=1S/C29H34N2O2/c32-21-28-26-19-30(17-24-12-6-2-7-13-24)20-27(26)29(22-33,16-23-10-4-1-5-11-23)31(28)18-25-14-8-3-9-15-25/h1-15,26-28,32-33H,16-22H2/t26-,27+,28-,29+/m0/s1. The largest absolute Gasteiger partial charge is 0.395 e. The Labute approximate surface area is 197 Å². The number of fused-ring (bicyclic) bond motifs is 1. The first kappa shape index (κ1) is 22.3. The fraction of sp³-hybridized carbons (Fsp3) is 0.379. The molecule has 2 fully saturated rings. The van der Waals surface area contributed by atoms with Gasteiger partial charge in [0.25, 0.3) is 0 Å². The molecular formula is C29H34N2O2. The van der Waals surface area contributed by atoms with E-state index in [2.05, 4.69) is 88.7 Å². The van der Waals surface area contributed by atoms with Crippen LogP contribution in [0.15, 0.2) is 91.0 Å². The Morgan fingerprint density at radius 2 is 1.24 bits per heavy atom. The lowest BCUT2D eigenvalue weighted by molar-refractivity contribution is -0.00783. The minimum Gasteiger partial charge on any atom is -0.395 e. The van der Waals surface area contributed by atoms with Crippen molar-refractivity contribution in [3.05, 3.63) is 108 Å². The monoisotopic (exact) mass is 442 g/mol. The van der Waals surface area contributed by atoms with Crippen molar-refractivity contribution < 1.29 is 10.2 Å². The van der Waals surface area contributed by atoms with Crippen molar-refractivity contribution in [1.82, 2.24) is 9.80 Å². The second-order valence-electron chi connectivity index (χ2n) is 9.74. The van der Waals surface area contributed by atoms with Gasteiger partial charge in [0.1, 0.15) is 0 Å². The number of benzene rings is 3. The highest BCUT2D eigenvalue weighted by atomic mass is 16.3. The molecule has 0 amide bonds. The highest BCUT2D eigenvalue weighted by Crippen LogP contribution is 2.49. The summed E-state index contributed by atoms with van der Waals surface area (Å²) in [5.74, 6) is 0.630. The van der Waals surface area contributed by atoms with Crippen molar-refractivity contribution in [2.45, 2.75) is 31.1 Å². The maximum absolute atomic E-state index is 11.0. The summed E-state index contributed by atoms with van der Waals surface area (Å²) in [6, 6.07) is 31.6. The lowest BCUT2D eigenvalue weighted by atomic mass is 9.77. The Morgan fingerprint density at radius 3 is 1.79 bits per heavy atom. The van der Waals surface area contributed by atoms with Crippen LogP contribution in [0, 0.1) is 11.8 Å². The Kier molecular flexibility index (Phi) is 6.61. The van der Waals surface area contributed by atoms with Gasteiger partial charge in [-0.25, -0.2) is 0 Å². The Morgan fingerprint density at radius 1 is 0.697 bits per heavy atom. The second kappa shape index (κ2) is 9.78. The summed E-state index contributed by atoms with van der Waals surface area (Å²) >= 11 is 0. The molecule has 33 heavy (non-hydrogen) atoms. The van der Waals surface area contributed by atoms with Crippen molar-refractivity contribution in [2.75, 3.05) is 26.3 Å². The van der Waals surface area contributed by atoms with Gasteiger partial charge in [-0.05, 0) is 34.9 Å². The molecule has 0 spiro atoms. The van der Waals surface area contributed by atoms with Gasteiger partial charge in [0.15, 0.2) is 0 Å². The predicted molar refractivity (Wildman–Crippen MR) is 132 cm³/mol. The van der Waals surface area contributed by atoms with E-state index in [1.807, 2.05) is 12.1 Å². The molecule has 2 N–H and O–H groups in total. The fourth-order valence-electron chi connectivity index (χ4n) is 6.35. The molecular weight excluding hydrogens is 408 g/mol. The van der Waals surface area contributed by atoms with Gasteiger partial charge in [-0.15, -0.1) is 0 Å². The molecule has 0 bridgehead atoms. The third kappa shape index (κ3) is 4.36. The molecule has 2 aliphatic rings. The molecule has 2 aliphatic heterocycles. The van der Waals surface area contributed by atoms with Crippen LogP contribution in [0.5, 0.6) is 0 Å². The van der Waals surface area contributed by atoms with E-state index in [1.165, 1.54) is 16.7 Å². The van der Waals surface area contributed by atoms with Crippen LogP contribution in [-0.4, -0.2) is 57.9 Å². The average Bonchev–Trinajstić information content (AvgIpc) is 3.37. The topological polar surface area (TPSA) is 46.9 Å². The number of hydrogen-bond donors (Lipinski definition) is 2. The third-order valence-electron chi connectivity index (χ3n) is 7.86. The van der Waals surface area contributed by atoms with Crippen LogP contribution in [0.3, 0.4) is 0 Å². The van der Waals surface area contributed by atoms with Gasteiger partial charge in [-0.1, -0.05) is 91.0 Å². The summed E-state index contributed by atoms with van der Waals surface area (Å²) < 4.78 is 0. The highest BCUT2D eigenvalue weighted by molar-refractivity contribution is 5.25. The summed E-state index contributed by atoms with van der Waals surface area (Å²) in [6.07, 6.45) is 0.786. The molecule has 5 rings (SSSR count). The van der Waals surface area contributed by atoms with Crippen molar-refractivity contribution in [2.24, 2.45) is 11.8 Å². The molecule has 4 atom stereocenters. The molecule has 0 radical (unpaired) electrons. The lowest BCUT2D eigenvalue weighted by Gasteiger charge is -2.43. The maximum Gasteiger partial charge on any atom is 0.0622 e. The molecule has 4 heteroatoms. The number of nitrogens with zero attached hydrogens (tertiary/aromatic N) is 2. The molecule has 3 aromatic rings. The summed E-state index contributed by atoms with van der Waals surface area (Å²) in [7, 11) is 0. The van der Waals surface area contributed by atoms with E-state index in [1.54, 1.807) is 0 Å². The molecule has 0 aliphatic carbocycles. The summed E-state index contributed by atoms with van der Waals surface area (Å²) in [5, 5.41) is 21.6. The zero-order valence-corrected chi connectivity index (χ0v) is 19.1. The van der Waals surface area contributed by atoms with Gasteiger partial charge in [-0.2, -0.15) is 0 Å². The Bertz CT molecular complexity index is 1010. The zero-order chi connectivity index (χ0) is 22.7. The summed E-state index contributed by atoms with van der Waals surface area (Å²) in [4.78, 5) is 4.95. The minimum absolute atomic E-state index is 0.0341.